The minimum atomic E-state index is 0.298. The summed E-state index contributed by atoms with van der Waals surface area (Å²) in [6.45, 7) is 4.46. The predicted octanol–water partition coefficient (Wildman–Crippen LogP) is 2.93. The lowest BCUT2D eigenvalue weighted by atomic mass is 10.0. The van der Waals surface area contributed by atoms with Crippen LogP contribution in [0.3, 0.4) is 0 Å². The maximum atomic E-state index is 11.3. The number of unbranched alkanes of at least 4 members (excludes halogenated alkanes) is 4. The third-order valence-corrected chi connectivity index (χ3v) is 2.25. The van der Waals surface area contributed by atoms with Crippen LogP contribution in [0, 0.1) is 5.92 Å². The van der Waals surface area contributed by atoms with Gasteiger partial charge in [-0.25, -0.2) is 0 Å². The molecule has 14 heavy (non-hydrogen) atoms. The lowest BCUT2D eigenvalue weighted by Crippen LogP contribution is -2.02. The Balaban J connectivity index is 3.15. The first kappa shape index (κ1) is 13.6. The second-order valence-corrected chi connectivity index (χ2v) is 4.38. The maximum absolute atomic E-state index is 11.3. The molecule has 2 heteroatoms. The van der Waals surface area contributed by atoms with Gasteiger partial charge in [0, 0.05) is 19.4 Å². The normalized spacial score (nSPS) is 10.9. The topological polar surface area (TPSA) is 37.3 Å². The molecule has 0 fully saturated rings. The van der Waals surface area contributed by atoms with E-state index < -0.39 is 0 Å². The SMILES string of the molecule is CC(C)CC(=O)CCCCCCCO. The molecular weight excluding hydrogens is 176 g/mol. The van der Waals surface area contributed by atoms with E-state index in [4.69, 9.17) is 5.11 Å². The molecule has 2 nitrogen and oxygen atoms in total. The summed E-state index contributed by atoms with van der Waals surface area (Å²) >= 11 is 0. The third-order valence-electron chi connectivity index (χ3n) is 2.25. The number of ketones is 1. The number of aliphatic hydroxyl groups excluding tert-OH is 1. The van der Waals surface area contributed by atoms with Crippen LogP contribution in [-0.2, 0) is 4.79 Å². The van der Waals surface area contributed by atoms with Crippen molar-refractivity contribution < 1.29 is 9.90 Å². The molecule has 0 saturated carbocycles. The van der Waals surface area contributed by atoms with E-state index in [9.17, 15) is 4.79 Å². The third kappa shape index (κ3) is 9.72. The molecule has 0 aliphatic rings. The highest BCUT2D eigenvalue weighted by Crippen LogP contribution is 2.09. The van der Waals surface area contributed by atoms with Crippen LogP contribution >= 0.6 is 0 Å². The van der Waals surface area contributed by atoms with Crippen molar-refractivity contribution in [3.05, 3.63) is 0 Å². The van der Waals surface area contributed by atoms with E-state index in [0.717, 1.165) is 44.9 Å². The summed E-state index contributed by atoms with van der Waals surface area (Å²) < 4.78 is 0. The van der Waals surface area contributed by atoms with Crippen molar-refractivity contribution in [3.63, 3.8) is 0 Å². The molecule has 0 heterocycles. The number of Topliss-reactive ketones (excluding diaryl/α,β-unsaturated/α-hetero) is 1. The Hall–Kier alpha value is -0.370. The zero-order valence-electron chi connectivity index (χ0n) is 9.59. The van der Waals surface area contributed by atoms with Crippen LogP contribution in [0.1, 0.15) is 58.8 Å². The molecule has 84 valence electrons. The summed E-state index contributed by atoms with van der Waals surface area (Å²) in [6.07, 6.45) is 6.78. The molecule has 0 bridgehead atoms. The van der Waals surface area contributed by atoms with Crippen LogP contribution in [0.15, 0.2) is 0 Å². The van der Waals surface area contributed by atoms with Gasteiger partial charge in [0.2, 0.25) is 0 Å². The molecule has 1 N–H and O–H groups in total. The number of rotatable bonds is 9. The molecule has 0 aliphatic heterocycles. The van der Waals surface area contributed by atoms with Crippen LogP contribution in [-0.4, -0.2) is 17.5 Å². The van der Waals surface area contributed by atoms with E-state index in [2.05, 4.69) is 13.8 Å². The lowest BCUT2D eigenvalue weighted by molar-refractivity contribution is -0.119. The van der Waals surface area contributed by atoms with Crippen LogP contribution < -0.4 is 0 Å². The Morgan fingerprint density at radius 1 is 1.07 bits per heavy atom. The molecule has 0 radical (unpaired) electrons. The zero-order valence-corrected chi connectivity index (χ0v) is 9.59. The van der Waals surface area contributed by atoms with Crippen molar-refractivity contribution >= 4 is 5.78 Å². The fourth-order valence-corrected chi connectivity index (χ4v) is 1.52. The Morgan fingerprint density at radius 2 is 1.64 bits per heavy atom. The fraction of sp³-hybridized carbons (Fsp3) is 0.917. The number of aliphatic hydroxyl groups is 1. The first-order valence-corrected chi connectivity index (χ1v) is 5.79. The average Bonchev–Trinajstić information content (AvgIpc) is 2.10. The zero-order chi connectivity index (χ0) is 10.8. The second-order valence-electron chi connectivity index (χ2n) is 4.38. The highest BCUT2D eigenvalue weighted by atomic mass is 16.2. The van der Waals surface area contributed by atoms with Gasteiger partial charge in [-0.15, -0.1) is 0 Å². The van der Waals surface area contributed by atoms with Gasteiger partial charge in [-0.1, -0.05) is 33.1 Å². The van der Waals surface area contributed by atoms with Crippen molar-refractivity contribution in [1.29, 1.82) is 0 Å². The second kappa shape index (κ2) is 9.20. The summed E-state index contributed by atoms with van der Waals surface area (Å²) in [5.41, 5.74) is 0. The van der Waals surface area contributed by atoms with Crippen molar-refractivity contribution in [2.45, 2.75) is 58.8 Å². The first-order chi connectivity index (χ1) is 6.66. The van der Waals surface area contributed by atoms with E-state index in [-0.39, 0.29) is 0 Å². The van der Waals surface area contributed by atoms with Gasteiger partial charge in [0.15, 0.2) is 0 Å². The molecule has 0 aromatic rings. The van der Waals surface area contributed by atoms with Crippen molar-refractivity contribution in [2.75, 3.05) is 6.61 Å². The van der Waals surface area contributed by atoms with Crippen molar-refractivity contribution in [1.82, 2.24) is 0 Å². The Labute approximate surface area is 87.7 Å². The van der Waals surface area contributed by atoms with Crippen LogP contribution in [0.25, 0.3) is 0 Å². The quantitative estimate of drug-likeness (QED) is 0.581. The molecular formula is C12H24O2. The minimum absolute atomic E-state index is 0.298. The monoisotopic (exact) mass is 200 g/mol. The van der Waals surface area contributed by atoms with Gasteiger partial charge in [0.1, 0.15) is 5.78 Å². The van der Waals surface area contributed by atoms with E-state index in [1.54, 1.807) is 0 Å². The maximum Gasteiger partial charge on any atom is 0.133 e. The highest BCUT2D eigenvalue weighted by molar-refractivity contribution is 5.78. The molecule has 0 amide bonds. The number of hydrogen-bond acceptors (Lipinski definition) is 2. The van der Waals surface area contributed by atoms with Crippen molar-refractivity contribution in [3.8, 4) is 0 Å². The summed E-state index contributed by atoms with van der Waals surface area (Å²) in [4.78, 5) is 11.3. The average molecular weight is 200 g/mol. The van der Waals surface area contributed by atoms with Crippen LogP contribution in [0.5, 0.6) is 0 Å². The molecule has 0 aromatic carbocycles. The Kier molecular flexibility index (Phi) is 8.95. The molecule has 0 spiro atoms. The molecule has 0 aliphatic carbocycles. The molecule has 0 aromatic heterocycles. The molecule has 0 saturated heterocycles. The van der Waals surface area contributed by atoms with Gasteiger partial charge >= 0.3 is 0 Å². The number of hydrogen-bond donors (Lipinski definition) is 1. The minimum Gasteiger partial charge on any atom is -0.396 e. The fourth-order valence-electron chi connectivity index (χ4n) is 1.52. The number of carbonyl (C=O) groups is 1. The van der Waals surface area contributed by atoms with E-state index in [1.165, 1.54) is 0 Å². The summed E-state index contributed by atoms with van der Waals surface area (Å²) in [6, 6.07) is 0. The van der Waals surface area contributed by atoms with E-state index in [0.29, 0.717) is 18.3 Å². The summed E-state index contributed by atoms with van der Waals surface area (Å²) in [7, 11) is 0. The van der Waals surface area contributed by atoms with Crippen LogP contribution in [0.4, 0.5) is 0 Å². The lowest BCUT2D eigenvalue weighted by Gasteiger charge is -2.03. The van der Waals surface area contributed by atoms with Gasteiger partial charge in [-0.2, -0.15) is 0 Å². The van der Waals surface area contributed by atoms with Gasteiger partial charge in [0.25, 0.3) is 0 Å². The first-order valence-electron chi connectivity index (χ1n) is 5.79. The van der Waals surface area contributed by atoms with E-state index in [1.807, 2.05) is 0 Å². The van der Waals surface area contributed by atoms with Gasteiger partial charge in [-0.3, -0.25) is 4.79 Å². The Bertz CT molecular complexity index is 141. The molecule has 0 unspecified atom stereocenters. The largest absolute Gasteiger partial charge is 0.396 e. The van der Waals surface area contributed by atoms with Gasteiger partial charge in [0.05, 0.1) is 0 Å². The standard InChI is InChI=1S/C12H24O2/c1-11(2)10-12(14)8-6-4-3-5-7-9-13/h11,13H,3-10H2,1-2H3. The highest BCUT2D eigenvalue weighted by Gasteiger charge is 2.04. The van der Waals surface area contributed by atoms with Crippen molar-refractivity contribution in [2.24, 2.45) is 5.92 Å². The molecule has 0 rings (SSSR count). The van der Waals surface area contributed by atoms with Gasteiger partial charge < -0.3 is 5.11 Å². The summed E-state index contributed by atoms with van der Waals surface area (Å²) in [5, 5.41) is 8.56. The predicted molar refractivity (Wildman–Crippen MR) is 59.2 cm³/mol. The molecule has 0 atom stereocenters. The van der Waals surface area contributed by atoms with Gasteiger partial charge in [-0.05, 0) is 18.8 Å². The van der Waals surface area contributed by atoms with E-state index >= 15 is 0 Å². The number of carbonyl (C=O) groups excluding carboxylic acids is 1. The van der Waals surface area contributed by atoms with Crippen LogP contribution in [0.2, 0.25) is 0 Å². The smallest absolute Gasteiger partial charge is 0.133 e. The summed E-state index contributed by atoms with van der Waals surface area (Å²) in [5.74, 6) is 0.902. The Morgan fingerprint density at radius 3 is 2.21 bits per heavy atom.